The lowest BCUT2D eigenvalue weighted by Crippen LogP contribution is -2.38. The molecule has 0 radical (unpaired) electrons. The van der Waals surface area contributed by atoms with Crippen molar-refractivity contribution in [1.82, 2.24) is 9.97 Å². The van der Waals surface area contributed by atoms with Gasteiger partial charge in [-0.3, -0.25) is 4.98 Å². The lowest BCUT2D eigenvalue weighted by Gasteiger charge is -2.34. The van der Waals surface area contributed by atoms with E-state index >= 15 is 0 Å². The van der Waals surface area contributed by atoms with Crippen molar-refractivity contribution in [1.29, 1.82) is 0 Å². The Kier molecular flexibility index (Phi) is 0.715. The second kappa shape index (κ2) is 3.82. The topological polar surface area (TPSA) is 49.0 Å². The Bertz CT molecular complexity index is 771. The smallest absolute Gasteiger partial charge is 0.346 e. The van der Waals surface area contributed by atoms with Crippen LogP contribution in [0.3, 0.4) is 0 Å². The van der Waals surface area contributed by atoms with Crippen LogP contribution in [0.15, 0.2) is 17.1 Å². The van der Waals surface area contributed by atoms with Gasteiger partial charge in [-0.2, -0.15) is 0 Å². The van der Waals surface area contributed by atoms with Crippen molar-refractivity contribution >= 4 is 5.82 Å². The molecule has 1 saturated heterocycles. The van der Waals surface area contributed by atoms with Gasteiger partial charge in [0.05, 0.1) is 1.37 Å². The fourth-order valence-electron chi connectivity index (χ4n) is 0.956. The Hall–Kier alpha value is -1.32. The van der Waals surface area contributed by atoms with Crippen molar-refractivity contribution in [2.45, 2.75) is 32.0 Å². The first-order valence-electron chi connectivity index (χ1n) is 9.73. The first-order chi connectivity index (χ1) is 11.4. The highest BCUT2D eigenvalue weighted by atomic mass is 16.1. The summed E-state index contributed by atoms with van der Waals surface area (Å²) in [4.78, 5) is 16.6. The van der Waals surface area contributed by atoms with E-state index in [0.29, 0.717) is 0 Å². The molecule has 14 heavy (non-hydrogen) atoms. The number of anilines is 1. The molecule has 1 unspecified atom stereocenters. The Morgan fingerprint density at radius 1 is 1.86 bits per heavy atom. The third-order valence-electron chi connectivity index (χ3n) is 1.53. The molecule has 1 aromatic heterocycles. The lowest BCUT2D eigenvalue weighted by atomic mass is 10.0. The summed E-state index contributed by atoms with van der Waals surface area (Å²) in [5, 5.41) is 0. The van der Waals surface area contributed by atoms with Crippen LogP contribution in [0.4, 0.5) is 5.82 Å². The zero-order chi connectivity index (χ0) is 20.6. The van der Waals surface area contributed by atoms with Crippen LogP contribution in [0.1, 0.15) is 42.4 Å². The van der Waals surface area contributed by atoms with Crippen LogP contribution in [0.25, 0.3) is 0 Å². The molecule has 2 heterocycles. The van der Waals surface area contributed by atoms with E-state index in [1.807, 2.05) is 4.98 Å². The monoisotopic (exact) mass is 205 g/mol. The molecule has 0 aliphatic carbocycles. The van der Waals surface area contributed by atoms with Crippen molar-refractivity contribution in [3.8, 4) is 0 Å². The molecule has 0 bridgehead atoms. The van der Waals surface area contributed by atoms with Gasteiger partial charge in [0.25, 0.3) is 0 Å². The summed E-state index contributed by atoms with van der Waals surface area (Å²) in [5.74, 6) is -0.718. The van der Waals surface area contributed by atoms with E-state index in [9.17, 15) is 4.79 Å². The van der Waals surface area contributed by atoms with Gasteiger partial charge in [0.1, 0.15) is 5.82 Å². The molecule has 4 heteroatoms. The van der Waals surface area contributed by atoms with Crippen molar-refractivity contribution in [2.75, 3.05) is 11.4 Å². The molecule has 1 aromatic rings. The largest absolute Gasteiger partial charge is 0.355 e. The molecule has 0 spiro atoms. The molecular formula is C10H15N3O. The molecule has 1 aliphatic heterocycles. The molecule has 76 valence electrons. The minimum Gasteiger partial charge on any atom is -0.355 e. The van der Waals surface area contributed by atoms with E-state index in [4.69, 9.17) is 16.4 Å². The maximum Gasteiger partial charge on any atom is 0.346 e. The van der Waals surface area contributed by atoms with E-state index in [0.717, 1.165) is 12.3 Å². The van der Waals surface area contributed by atoms with Gasteiger partial charge in [-0.05, 0) is 32.0 Å². The Labute approximate surface area is 99.8 Å². The highest BCUT2D eigenvalue weighted by Gasteiger charge is 2.18. The Morgan fingerprint density at radius 3 is 3.57 bits per heavy atom. The maximum atomic E-state index is 11.5. The number of aromatic amines is 1. The average Bonchev–Trinajstić information content (AvgIpc) is 2.44. The second-order valence-electron chi connectivity index (χ2n) is 2.43. The summed E-state index contributed by atoms with van der Waals surface area (Å²) >= 11 is 0. The zero-order valence-corrected chi connectivity index (χ0v) is 6.96. The maximum absolute atomic E-state index is 11.5. The fraction of sp³-hybridized carbons (Fsp3) is 0.600. The average molecular weight is 205 g/mol. The summed E-state index contributed by atoms with van der Waals surface area (Å²) in [5.41, 5.74) is -1.07. The Balaban J connectivity index is 2.99. The summed E-state index contributed by atoms with van der Waals surface area (Å²) in [7, 11) is 0. The third kappa shape index (κ3) is 1.78. The second-order valence-corrected chi connectivity index (χ2v) is 2.43. The molecule has 0 aromatic carbocycles. The standard InChI is InChI=1S/C10H15N3O/c1-8-4-2-3-7-13(8)9-5-6-11-10(14)12-9/h5-6,8H,2-4,7H2,1H3,(H,11,12,14)/i1D3,2D2,3D2,4D2,7D2,8D. The number of hydrogen-bond donors (Lipinski definition) is 1. The minimum atomic E-state index is -3.72. The fourth-order valence-corrected chi connectivity index (χ4v) is 0.956. The molecule has 1 atom stereocenters. The van der Waals surface area contributed by atoms with Gasteiger partial charge < -0.3 is 4.90 Å². The minimum absolute atomic E-state index is 0.0720. The van der Waals surface area contributed by atoms with E-state index in [1.165, 1.54) is 0 Å². The number of rotatable bonds is 1. The van der Waals surface area contributed by atoms with Gasteiger partial charge in [-0.1, -0.05) is 0 Å². The Morgan fingerprint density at radius 2 is 2.79 bits per heavy atom. The SMILES string of the molecule is [2H]C([2H])([2H])C1([2H])N(c2ccnc(=O)[nH]2)C([2H])([2H])C([2H])([2H])C([2H])([2H])C1([2H])[2H]. The van der Waals surface area contributed by atoms with Crippen molar-refractivity contribution < 1.29 is 16.4 Å². The molecule has 0 amide bonds. The molecule has 1 N–H and O–H groups in total. The van der Waals surface area contributed by atoms with Gasteiger partial charge in [-0.25, -0.2) is 9.78 Å². The van der Waals surface area contributed by atoms with Gasteiger partial charge in [-0.15, -0.1) is 0 Å². The first-order valence-corrected chi connectivity index (χ1v) is 3.73. The molecule has 1 aliphatic rings. The van der Waals surface area contributed by atoms with Crippen molar-refractivity contribution in [3.05, 3.63) is 22.7 Å². The van der Waals surface area contributed by atoms with E-state index in [1.54, 1.807) is 0 Å². The van der Waals surface area contributed by atoms with Gasteiger partial charge in [0.15, 0.2) is 0 Å². The number of H-pyrrole nitrogens is 1. The van der Waals surface area contributed by atoms with Crippen LogP contribution in [0, 0.1) is 0 Å². The molecule has 0 saturated carbocycles. The summed E-state index contributed by atoms with van der Waals surface area (Å²) < 4.78 is 94.6. The third-order valence-corrected chi connectivity index (χ3v) is 1.53. The quantitative estimate of drug-likeness (QED) is 0.748. The predicted molar refractivity (Wildman–Crippen MR) is 55.5 cm³/mol. The first kappa shape index (κ1) is 2.62. The zero-order valence-electron chi connectivity index (χ0n) is 19.0. The number of piperidine rings is 1. The van der Waals surface area contributed by atoms with Crippen LogP contribution in [0.2, 0.25) is 0 Å². The highest BCUT2D eigenvalue weighted by Crippen LogP contribution is 2.21. The molecule has 4 nitrogen and oxygen atoms in total. The van der Waals surface area contributed by atoms with Crippen LogP contribution in [-0.4, -0.2) is 22.5 Å². The van der Waals surface area contributed by atoms with E-state index in [-0.39, 0.29) is 4.90 Å². The van der Waals surface area contributed by atoms with Gasteiger partial charge >= 0.3 is 5.69 Å². The lowest BCUT2D eigenvalue weighted by molar-refractivity contribution is 0.480. The number of nitrogens with zero attached hydrogens (tertiary/aromatic N) is 2. The summed E-state index contributed by atoms with van der Waals surface area (Å²) in [6.45, 7) is -7.16. The normalized spacial score (nSPS) is 55.6. The van der Waals surface area contributed by atoms with Crippen LogP contribution < -0.4 is 10.6 Å². The number of nitrogens with one attached hydrogen (secondary N) is 1. The van der Waals surface area contributed by atoms with Gasteiger partial charge in [0, 0.05) is 33.8 Å². The molecular weight excluding hydrogens is 178 g/mol. The van der Waals surface area contributed by atoms with Crippen LogP contribution in [-0.2, 0) is 0 Å². The van der Waals surface area contributed by atoms with Gasteiger partial charge in [0.2, 0.25) is 0 Å². The van der Waals surface area contributed by atoms with E-state index in [2.05, 4.69) is 4.98 Å². The van der Waals surface area contributed by atoms with Crippen LogP contribution >= 0.6 is 0 Å². The van der Waals surface area contributed by atoms with E-state index < -0.39 is 50.0 Å². The number of hydrogen-bond acceptors (Lipinski definition) is 3. The summed E-state index contributed by atoms with van der Waals surface area (Å²) in [6, 6.07) is -2.75. The van der Waals surface area contributed by atoms with Crippen molar-refractivity contribution in [3.63, 3.8) is 0 Å². The molecule has 1 fully saturated rings. The number of aromatic nitrogens is 2. The van der Waals surface area contributed by atoms with Crippen molar-refractivity contribution in [2.24, 2.45) is 0 Å². The molecule has 2 rings (SSSR count). The predicted octanol–water partition coefficient (Wildman–Crippen LogP) is 1.15. The highest BCUT2D eigenvalue weighted by molar-refractivity contribution is 5.38. The van der Waals surface area contributed by atoms with Crippen LogP contribution in [0.5, 0.6) is 0 Å². The summed E-state index contributed by atoms with van der Waals surface area (Å²) in [6.07, 6.45) is -10.2.